The second kappa shape index (κ2) is 4.49. The Morgan fingerprint density at radius 2 is 2.24 bits per heavy atom. The number of hydrogen-bond donors (Lipinski definition) is 0. The molecule has 1 aromatic carbocycles. The molecule has 3 nitrogen and oxygen atoms in total. The van der Waals surface area contributed by atoms with Crippen LogP contribution in [0.15, 0.2) is 24.3 Å². The minimum absolute atomic E-state index is 0.378. The lowest BCUT2D eigenvalue weighted by Gasteiger charge is -2.27. The lowest BCUT2D eigenvalue weighted by atomic mass is 9.99. The predicted molar refractivity (Wildman–Crippen MR) is 65.4 cm³/mol. The van der Waals surface area contributed by atoms with Crippen LogP contribution in [0, 0.1) is 0 Å². The van der Waals surface area contributed by atoms with Gasteiger partial charge in [-0.05, 0) is 19.0 Å². The van der Waals surface area contributed by atoms with E-state index in [0.717, 1.165) is 38.3 Å². The van der Waals surface area contributed by atoms with E-state index >= 15 is 0 Å². The molecule has 0 aliphatic carbocycles. The fraction of sp³-hybridized carbons (Fsp3) is 0.500. The molecule has 2 heterocycles. The van der Waals surface area contributed by atoms with E-state index in [9.17, 15) is 4.79 Å². The molecule has 2 aliphatic rings. The molecule has 1 fully saturated rings. The van der Waals surface area contributed by atoms with Crippen molar-refractivity contribution in [2.24, 2.45) is 0 Å². The molecule has 1 unspecified atom stereocenters. The van der Waals surface area contributed by atoms with E-state index < -0.39 is 0 Å². The smallest absolute Gasteiger partial charge is 0.146 e. The number of carbonyl (C=O) groups excluding carboxylic acids is 1. The van der Waals surface area contributed by atoms with Crippen molar-refractivity contribution in [3.05, 3.63) is 29.8 Å². The van der Waals surface area contributed by atoms with Gasteiger partial charge in [-0.15, -0.1) is 0 Å². The fourth-order valence-electron chi connectivity index (χ4n) is 2.76. The molecule has 1 atom stereocenters. The Balaban J connectivity index is 1.69. The van der Waals surface area contributed by atoms with Gasteiger partial charge in [-0.1, -0.05) is 18.2 Å². The molecule has 2 aliphatic heterocycles. The average molecular weight is 231 g/mol. The Kier molecular flexibility index (Phi) is 2.85. The van der Waals surface area contributed by atoms with Crippen LogP contribution in [0.2, 0.25) is 0 Å². The number of rotatable bonds is 2. The van der Waals surface area contributed by atoms with E-state index in [1.54, 1.807) is 0 Å². The zero-order chi connectivity index (χ0) is 11.7. The van der Waals surface area contributed by atoms with Gasteiger partial charge >= 0.3 is 0 Å². The molecule has 0 amide bonds. The summed E-state index contributed by atoms with van der Waals surface area (Å²) in [4.78, 5) is 13.7. The van der Waals surface area contributed by atoms with Crippen LogP contribution < -0.4 is 4.74 Å². The third-order valence-electron chi connectivity index (χ3n) is 3.61. The highest BCUT2D eigenvalue weighted by atomic mass is 16.5. The largest absolute Gasteiger partial charge is 0.493 e. The zero-order valence-electron chi connectivity index (χ0n) is 9.89. The van der Waals surface area contributed by atoms with Gasteiger partial charge < -0.3 is 4.74 Å². The molecule has 3 rings (SSSR count). The third kappa shape index (κ3) is 2.20. The first kappa shape index (κ1) is 10.8. The van der Waals surface area contributed by atoms with Crippen LogP contribution in [0.1, 0.15) is 24.3 Å². The zero-order valence-corrected chi connectivity index (χ0v) is 9.89. The Morgan fingerprint density at radius 3 is 3.12 bits per heavy atom. The number of benzene rings is 1. The van der Waals surface area contributed by atoms with Gasteiger partial charge in [-0.2, -0.15) is 0 Å². The normalized spacial score (nSPS) is 24.5. The van der Waals surface area contributed by atoms with Gasteiger partial charge in [0.15, 0.2) is 0 Å². The molecule has 1 aromatic rings. The highest BCUT2D eigenvalue weighted by Gasteiger charge is 2.27. The van der Waals surface area contributed by atoms with Gasteiger partial charge in [0.25, 0.3) is 0 Å². The van der Waals surface area contributed by atoms with Gasteiger partial charge in [0.05, 0.1) is 13.2 Å². The number of Topliss-reactive ketones (excluding diaryl/α,β-unsaturated/α-hetero) is 1. The van der Waals surface area contributed by atoms with Crippen LogP contribution in [-0.2, 0) is 4.79 Å². The van der Waals surface area contributed by atoms with E-state index in [-0.39, 0.29) is 0 Å². The van der Waals surface area contributed by atoms with Crippen molar-refractivity contribution < 1.29 is 9.53 Å². The topological polar surface area (TPSA) is 29.5 Å². The second-order valence-corrected chi connectivity index (χ2v) is 4.92. The molecule has 1 saturated heterocycles. The Hall–Kier alpha value is -1.35. The monoisotopic (exact) mass is 231 g/mol. The molecule has 0 N–H and O–H groups in total. The molecule has 0 aromatic heterocycles. The maximum atomic E-state index is 11.4. The number of piperidine rings is 1. The van der Waals surface area contributed by atoms with Crippen molar-refractivity contribution in [1.29, 1.82) is 0 Å². The quantitative estimate of drug-likeness (QED) is 0.777. The summed E-state index contributed by atoms with van der Waals surface area (Å²) in [5, 5.41) is 0. The van der Waals surface area contributed by atoms with E-state index in [1.165, 1.54) is 5.56 Å². The number of ether oxygens (including phenoxy) is 1. The van der Waals surface area contributed by atoms with Gasteiger partial charge in [-0.25, -0.2) is 0 Å². The van der Waals surface area contributed by atoms with E-state index in [4.69, 9.17) is 4.74 Å². The van der Waals surface area contributed by atoms with E-state index in [2.05, 4.69) is 17.0 Å². The summed E-state index contributed by atoms with van der Waals surface area (Å²) in [6.07, 6.45) is 1.77. The second-order valence-electron chi connectivity index (χ2n) is 4.92. The lowest BCUT2D eigenvalue weighted by molar-refractivity contribution is -0.122. The molecule has 0 saturated carbocycles. The number of hydrogen-bond acceptors (Lipinski definition) is 3. The van der Waals surface area contributed by atoms with E-state index in [0.29, 0.717) is 18.2 Å². The van der Waals surface area contributed by atoms with Crippen LogP contribution in [0.5, 0.6) is 5.75 Å². The third-order valence-corrected chi connectivity index (χ3v) is 3.61. The van der Waals surface area contributed by atoms with Crippen LogP contribution in [0.4, 0.5) is 0 Å². The Bertz CT molecular complexity index is 430. The van der Waals surface area contributed by atoms with Crippen molar-refractivity contribution >= 4 is 5.78 Å². The highest BCUT2D eigenvalue weighted by molar-refractivity contribution is 5.81. The minimum atomic E-state index is 0.378. The summed E-state index contributed by atoms with van der Waals surface area (Å²) in [6.45, 7) is 3.37. The van der Waals surface area contributed by atoms with Crippen LogP contribution in [0.25, 0.3) is 0 Å². The Labute approximate surface area is 101 Å². The maximum Gasteiger partial charge on any atom is 0.146 e. The number of carbonyl (C=O) groups is 1. The van der Waals surface area contributed by atoms with E-state index in [1.807, 2.05) is 12.1 Å². The van der Waals surface area contributed by atoms with Crippen molar-refractivity contribution in [1.82, 2.24) is 4.90 Å². The first-order chi connectivity index (χ1) is 8.33. The highest BCUT2D eigenvalue weighted by Crippen LogP contribution is 2.34. The van der Waals surface area contributed by atoms with Crippen LogP contribution >= 0.6 is 0 Å². The molecule has 17 heavy (non-hydrogen) atoms. The summed E-state index contributed by atoms with van der Waals surface area (Å²) in [5.74, 6) is 1.82. The number of nitrogens with zero attached hydrogens (tertiary/aromatic N) is 1. The lowest BCUT2D eigenvalue weighted by Crippen LogP contribution is -2.38. The SMILES string of the molecule is O=C1CCCN(CC2COc3ccccc32)C1. The van der Waals surface area contributed by atoms with Crippen molar-refractivity contribution in [3.63, 3.8) is 0 Å². The average Bonchev–Trinajstić information content (AvgIpc) is 2.73. The van der Waals surface area contributed by atoms with Crippen molar-refractivity contribution in [2.75, 3.05) is 26.2 Å². The molecule has 3 heteroatoms. The molecular weight excluding hydrogens is 214 g/mol. The summed E-state index contributed by atoms with van der Waals surface area (Å²) >= 11 is 0. The van der Waals surface area contributed by atoms with Crippen molar-refractivity contribution in [3.8, 4) is 5.75 Å². The predicted octanol–water partition coefficient (Wildman–Crippen LogP) is 1.83. The Morgan fingerprint density at radius 1 is 1.35 bits per heavy atom. The first-order valence-electron chi connectivity index (χ1n) is 6.29. The molecule has 0 radical (unpaired) electrons. The van der Waals surface area contributed by atoms with Crippen LogP contribution in [0.3, 0.4) is 0 Å². The number of fused-ring (bicyclic) bond motifs is 1. The minimum Gasteiger partial charge on any atom is -0.493 e. The first-order valence-corrected chi connectivity index (χ1v) is 6.29. The summed E-state index contributed by atoms with van der Waals surface area (Å²) in [7, 11) is 0. The summed E-state index contributed by atoms with van der Waals surface area (Å²) < 4.78 is 5.67. The van der Waals surface area contributed by atoms with Gasteiger partial charge in [0, 0.05) is 24.4 Å². The number of ketones is 1. The number of likely N-dealkylation sites (tertiary alicyclic amines) is 1. The fourth-order valence-corrected chi connectivity index (χ4v) is 2.76. The standard InChI is InChI=1S/C14H17NO2/c16-12-4-3-7-15(9-12)8-11-10-17-14-6-2-1-5-13(11)14/h1-2,5-6,11H,3-4,7-10H2. The maximum absolute atomic E-state index is 11.4. The van der Waals surface area contributed by atoms with Crippen LogP contribution in [-0.4, -0.2) is 36.9 Å². The van der Waals surface area contributed by atoms with Gasteiger partial charge in [0.1, 0.15) is 11.5 Å². The number of para-hydroxylation sites is 1. The summed E-state index contributed by atoms with van der Waals surface area (Å²) in [5.41, 5.74) is 1.30. The molecule has 0 bridgehead atoms. The molecular formula is C14H17NO2. The van der Waals surface area contributed by atoms with Crippen molar-refractivity contribution in [2.45, 2.75) is 18.8 Å². The molecule has 90 valence electrons. The molecule has 0 spiro atoms. The summed E-state index contributed by atoms with van der Waals surface area (Å²) in [6, 6.07) is 8.23. The van der Waals surface area contributed by atoms with Gasteiger partial charge in [0.2, 0.25) is 0 Å². The van der Waals surface area contributed by atoms with Gasteiger partial charge in [-0.3, -0.25) is 9.69 Å².